The van der Waals surface area contributed by atoms with Crippen molar-refractivity contribution in [3.05, 3.63) is 46.6 Å². The molecule has 3 aromatic rings. The van der Waals surface area contributed by atoms with Gasteiger partial charge in [-0.3, -0.25) is 14.5 Å². The number of nitrogens with zero attached hydrogens (tertiary/aromatic N) is 4. The Kier molecular flexibility index (Phi) is 1.91. The summed E-state index contributed by atoms with van der Waals surface area (Å²) < 4.78 is 6.77. The molecule has 0 fully saturated rings. The molecular formula is C10H6N4O3. The van der Waals surface area contributed by atoms with Crippen LogP contribution < -0.4 is 0 Å². The van der Waals surface area contributed by atoms with Crippen molar-refractivity contribution in [2.24, 2.45) is 0 Å². The lowest BCUT2D eigenvalue weighted by Gasteiger charge is -1.94. The lowest BCUT2D eigenvalue weighted by Crippen LogP contribution is -1.87. The normalized spacial score (nSPS) is 10.8. The molecule has 0 N–H and O–H groups in total. The van der Waals surface area contributed by atoms with Crippen molar-refractivity contribution < 1.29 is 9.34 Å². The standard InChI is InChI=1S/C10H6N4O3/c15-14(16)9-5-4-7(17-9)10-12-11-8-3-1-2-6-13(8)10/h1-6H. The highest BCUT2D eigenvalue weighted by molar-refractivity contribution is 5.54. The Morgan fingerprint density at radius 2 is 2.12 bits per heavy atom. The third kappa shape index (κ3) is 1.44. The van der Waals surface area contributed by atoms with E-state index in [4.69, 9.17) is 4.42 Å². The molecule has 0 unspecified atom stereocenters. The summed E-state index contributed by atoms with van der Waals surface area (Å²) in [7, 11) is 0. The van der Waals surface area contributed by atoms with Gasteiger partial charge in [-0.15, -0.1) is 10.2 Å². The Labute approximate surface area is 94.5 Å². The van der Waals surface area contributed by atoms with E-state index in [1.807, 2.05) is 12.1 Å². The first-order valence-electron chi connectivity index (χ1n) is 4.80. The average molecular weight is 230 g/mol. The predicted molar refractivity (Wildman–Crippen MR) is 57.3 cm³/mol. The quantitative estimate of drug-likeness (QED) is 0.495. The minimum atomic E-state index is -0.591. The van der Waals surface area contributed by atoms with E-state index in [1.165, 1.54) is 12.1 Å². The Hall–Kier alpha value is -2.70. The van der Waals surface area contributed by atoms with Crippen molar-refractivity contribution in [3.8, 4) is 11.6 Å². The zero-order chi connectivity index (χ0) is 11.8. The highest BCUT2D eigenvalue weighted by Gasteiger charge is 2.16. The minimum absolute atomic E-state index is 0.312. The Bertz CT molecular complexity index is 700. The molecule has 0 aromatic carbocycles. The first kappa shape index (κ1) is 9.52. The van der Waals surface area contributed by atoms with Gasteiger partial charge in [-0.2, -0.15) is 0 Å². The SMILES string of the molecule is O=[N+]([O-])c1ccc(-c2nnc3ccccn23)o1. The fourth-order valence-corrected chi connectivity index (χ4v) is 1.56. The van der Waals surface area contributed by atoms with Crippen LogP contribution in [0, 0.1) is 10.1 Å². The number of fused-ring (bicyclic) bond motifs is 1. The summed E-state index contributed by atoms with van der Waals surface area (Å²) in [4.78, 5) is 9.93. The van der Waals surface area contributed by atoms with Crippen LogP contribution in [-0.2, 0) is 0 Å². The monoisotopic (exact) mass is 230 g/mol. The number of nitro groups is 1. The number of hydrogen-bond acceptors (Lipinski definition) is 5. The summed E-state index contributed by atoms with van der Waals surface area (Å²) in [5.41, 5.74) is 0.654. The molecule has 0 radical (unpaired) electrons. The van der Waals surface area contributed by atoms with Gasteiger partial charge in [0.15, 0.2) is 11.4 Å². The molecule has 3 heterocycles. The van der Waals surface area contributed by atoms with E-state index in [0.29, 0.717) is 17.2 Å². The molecule has 3 aromatic heterocycles. The summed E-state index contributed by atoms with van der Waals surface area (Å²) >= 11 is 0. The number of aromatic nitrogens is 3. The van der Waals surface area contributed by atoms with Crippen LogP contribution in [0.2, 0.25) is 0 Å². The predicted octanol–water partition coefficient (Wildman–Crippen LogP) is 1.90. The van der Waals surface area contributed by atoms with Gasteiger partial charge in [0.05, 0.1) is 6.07 Å². The van der Waals surface area contributed by atoms with E-state index in [0.717, 1.165) is 0 Å². The minimum Gasteiger partial charge on any atom is -0.397 e. The zero-order valence-electron chi connectivity index (χ0n) is 8.48. The Balaban J connectivity index is 2.17. The van der Waals surface area contributed by atoms with Crippen LogP contribution >= 0.6 is 0 Å². The highest BCUT2D eigenvalue weighted by Crippen LogP contribution is 2.24. The van der Waals surface area contributed by atoms with Gasteiger partial charge in [0.25, 0.3) is 0 Å². The maximum Gasteiger partial charge on any atom is 0.433 e. The second-order valence-corrected chi connectivity index (χ2v) is 3.35. The lowest BCUT2D eigenvalue weighted by molar-refractivity contribution is -0.401. The van der Waals surface area contributed by atoms with Crippen molar-refractivity contribution in [1.82, 2.24) is 14.6 Å². The zero-order valence-corrected chi connectivity index (χ0v) is 8.48. The second kappa shape index (κ2) is 3.41. The molecule has 0 amide bonds. The molecule has 0 aliphatic carbocycles. The summed E-state index contributed by atoms with van der Waals surface area (Å²) in [6.07, 6.45) is 1.76. The summed E-state index contributed by atoms with van der Waals surface area (Å²) in [5.74, 6) is 0.441. The van der Waals surface area contributed by atoms with Gasteiger partial charge in [0.1, 0.15) is 4.92 Å². The third-order valence-corrected chi connectivity index (χ3v) is 2.31. The van der Waals surface area contributed by atoms with E-state index in [9.17, 15) is 10.1 Å². The van der Waals surface area contributed by atoms with Crippen LogP contribution in [0.15, 0.2) is 40.9 Å². The van der Waals surface area contributed by atoms with Crippen LogP contribution in [-0.4, -0.2) is 19.5 Å². The third-order valence-electron chi connectivity index (χ3n) is 2.31. The van der Waals surface area contributed by atoms with Gasteiger partial charge in [-0.05, 0) is 18.2 Å². The van der Waals surface area contributed by atoms with Gasteiger partial charge < -0.3 is 4.42 Å². The fraction of sp³-hybridized carbons (Fsp3) is 0. The molecule has 0 aliphatic heterocycles. The molecule has 0 aliphatic rings. The molecule has 7 nitrogen and oxygen atoms in total. The van der Waals surface area contributed by atoms with Crippen molar-refractivity contribution in [3.63, 3.8) is 0 Å². The molecule has 0 atom stereocenters. The van der Waals surface area contributed by atoms with Crippen LogP contribution in [0.25, 0.3) is 17.2 Å². The van der Waals surface area contributed by atoms with Crippen molar-refractivity contribution >= 4 is 11.5 Å². The van der Waals surface area contributed by atoms with E-state index in [1.54, 1.807) is 16.7 Å². The van der Waals surface area contributed by atoms with Crippen molar-refractivity contribution in [2.45, 2.75) is 0 Å². The molecular weight excluding hydrogens is 224 g/mol. The molecule has 0 saturated heterocycles. The van der Waals surface area contributed by atoms with Gasteiger partial charge >= 0.3 is 5.88 Å². The number of rotatable bonds is 2. The average Bonchev–Trinajstić information content (AvgIpc) is 2.95. The molecule has 0 bridgehead atoms. The molecule has 0 spiro atoms. The van der Waals surface area contributed by atoms with Crippen LogP contribution in [0.5, 0.6) is 0 Å². The van der Waals surface area contributed by atoms with E-state index < -0.39 is 4.92 Å². The molecule has 7 heteroatoms. The first-order valence-corrected chi connectivity index (χ1v) is 4.80. The van der Waals surface area contributed by atoms with Crippen molar-refractivity contribution in [1.29, 1.82) is 0 Å². The summed E-state index contributed by atoms with van der Waals surface area (Å²) in [5, 5.41) is 18.4. The highest BCUT2D eigenvalue weighted by atomic mass is 16.6. The lowest BCUT2D eigenvalue weighted by atomic mass is 10.4. The van der Waals surface area contributed by atoms with E-state index >= 15 is 0 Å². The maximum absolute atomic E-state index is 10.5. The van der Waals surface area contributed by atoms with Crippen molar-refractivity contribution in [2.75, 3.05) is 0 Å². The first-order chi connectivity index (χ1) is 8.25. The van der Waals surface area contributed by atoms with Gasteiger partial charge in [0, 0.05) is 6.20 Å². The topological polar surface area (TPSA) is 86.5 Å². The Morgan fingerprint density at radius 1 is 1.24 bits per heavy atom. The molecule has 0 saturated carbocycles. The van der Waals surface area contributed by atoms with Crippen LogP contribution in [0.1, 0.15) is 0 Å². The Morgan fingerprint density at radius 3 is 2.88 bits per heavy atom. The maximum atomic E-state index is 10.5. The largest absolute Gasteiger partial charge is 0.433 e. The summed E-state index contributed by atoms with van der Waals surface area (Å²) in [6.45, 7) is 0. The number of furan rings is 1. The number of hydrogen-bond donors (Lipinski definition) is 0. The van der Waals surface area contributed by atoms with Gasteiger partial charge in [0.2, 0.25) is 5.82 Å². The van der Waals surface area contributed by atoms with E-state index in [2.05, 4.69) is 10.2 Å². The second-order valence-electron chi connectivity index (χ2n) is 3.35. The van der Waals surface area contributed by atoms with Crippen LogP contribution in [0.3, 0.4) is 0 Å². The molecule has 3 rings (SSSR count). The van der Waals surface area contributed by atoms with Gasteiger partial charge in [-0.25, -0.2) is 0 Å². The van der Waals surface area contributed by atoms with E-state index in [-0.39, 0.29) is 5.88 Å². The molecule has 84 valence electrons. The molecule has 17 heavy (non-hydrogen) atoms. The van der Waals surface area contributed by atoms with Crippen LogP contribution in [0.4, 0.5) is 5.88 Å². The van der Waals surface area contributed by atoms with Gasteiger partial charge in [-0.1, -0.05) is 6.07 Å². The summed E-state index contributed by atoms with van der Waals surface area (Å²) in [6, 6.07) is 8.23. The smallest absolute Gasteiger partial charge is 0.397 e. The fourth-order valence-electron chi connectivity index (χ4n) is 1.56. The number of pyridine rings is 1.